The van der Waals surface area contributed by atoms with Crippen molar-refractivity contribution in [2.75, 3.05) is 0 Å². The lowest BCUT2D eigenvalue weighted by atomic mass is 10.1. The van der Waals surface area contributed by atoms with E-state index in [0.717, 1.165) is 18.9 Å². The van der Waals surface area contributed by atoms with Crippen LogP contribution in [0.4, 0.5) is 13.2 Å². The van der Waals surface area contributed by atoms with E-state index in [0.29, 0.717) is 18.2 Å². The molecular formula is C13H18F3N. The van der Waals surface area contributed by atoms with Crippen LogP contribution in [0.3, 0.4) is 0 Å². The lowest BCUT2D eigenvalue weighted by molar-refractivity contribution is -0.137. The number of benzene rings is 1. The van der Waals surface area contributed by atoms with Gasteiger partial charge in [-0.3, -0.25) is 0 Å². The molecule has 1 N–H and O–H groups in total. The monoisotopic (exact) mass is 245 g/mol. The van der Waals surface area contributed by atoms with Gasteiger partial charge in [0.25, 0.3) is 0 Å². The first kappa shape index (κ1) is 14.0. The van der Waals surface area contributed by atoms with Gasteiger partial charge in [-0.15, -0.1) is 0 Å². The average Bonchev–Trinajstić information content (AvgIpc) is 2.30. The summed E-state index contributed by atoms with van der Waals surface area (Å²) in [6, 6.07) is 5.83. The molecule has 0 saturated carbocycles. The van der Waals surface area contributed by atoms with Gasteiger partial charge in [0.2, 0.25) is 0 Å². The van der Waals surface area contributed by atoms with Crippen molar-refractivity contribution in [3.8, 4) is 0 Å². The van der Waals surface area contributed by atoms with Crippen LogP contribution in [-0.2, 0) is 12.7 Å². The molecule has 0 atom stereocenters. The van der Waals surface area contributed by atoms with Gasteiger partial charge < -0.3 is 5.32 Å². The molecule has 1 nitrogen and oxygen atoms in total. The highest BCUT2D eigenvalue weighted by Gasteiger charge is 2.30. The Morgan fingerprint density at radius 3 is 2.35 bits per heavy atom. The molecule has 0 spiro atoms. The Hall–Kier alpha value is -1.03. The summed E-state index contributed by atoms with van der Waals surface area (Å²) in [5.41, 5.74) is 0.0908. The first-order valence-electron chi connectivity index (χ1n) is 5.86. The summed E-state index contributed by atoms with van der Waals surface area (Å²) in [6.45, 7) is 4.61. The third kappa shape index (κ3) is 4.38. The summed E-state index contributed by atoms with van der Waals surface area (Å²) in [6.07, 6.45) is -2.30. The number of nitrogens with one attached hydrogen (secondary N) is 1. The number of hydrogen-bond acceptors (Lipinski definition) is 1. The number of halogens is 3. The maximum absolute atomic E-state index is 12.5. The first-order chi connectivity index (χ1) is 7.97. The van der Waals surface area contributed by atoms with E-state index in [1.165, 1.54) is 12.1 Å². The highest BCUT2D eigenvalue weighted by molar-refractivity contribution is 5.25. The summed E-state index contributed by atoms with van der Waals surface area (Å²) in [5.74, 6) is 0. The van der Waals surface area contributed by atoms with Crippen LogP contribution in [0, 0.1) is 0 Å². The van der Waals surface area contributed by atoms with Crippen LogP contribution >= 0.6 is 0 Å². The van der Waals surface area contributed by atoms with Crippen LogP contribution in [0.2, 0.25) is 0 Å². The molecule has 0 heterocycles. The summed E-state index contributed by atoms with van der Waals surface area (Å²) >= 11 is 0. The molecule has 1 aromatic rings. The largest absolute Gasteiger partial charge is 0.416 e. The van der Waals surface area contributed by atoms with Gasteiger partial charge in [-0.1, -0.05) is 32.0 Å². The Balaban J connectivity index is 2.66. The van der Waals surface area contributed by atoms with Gasteiger partial charge in [0.05, 0.1) is 5.56 Å². The summed E-state index contributed by atoms with van der Waals surface area (Å²) in [4.78, 5) is 0. The van der Waals surface area contributed by atoms with Crippen LogP contribution in [-0.4, -0.2) is 6.04 Å². The van der Waals surface area contributed by atoms with E-state index in [2.05, 4.69) is 19.2 Å². The molecule has 1 aromatic carbocycles. The van der Waals surface area contributed by atoms with Crippen molar-refractivity contribution < 1.29 is 13.2 Å². The molecule has 0 saturated heterocycles. The predicted molar refractivity (Wildman–Crippen MR) is 62.7 cm³/mol. The van der Waals surface area contributed by atoms with Crippen molar-refractivity contribution >= 4 is 0 Å². The SMILES string of the molecule is CCC(CC)NCc1cccc(C(F)(F)F)c1. The van der Waals surface area contributed by atoms with E-state index < -0.39 is 11.7 Å². The third-order valence-electron chi connectivity index (χ3n) is 2.83. The van der Waals surface area contributed by atoms with Gasteiger partial charge in [-0.2, -0.15) is 13.2 Å². The smallest absolute Gasteiger partial charge is 0.310 e. The number of alkyl halides is 3. The molecule has 0 aliphatic rings. The fourth-order valence-electron chi connectivity index (χ4n) is 1.70. The third-order valence-corrected chi connectivity index (χ3v) is 2.83. The Bertz CT molecular complexity index is 343. The molecule has 0 fully saturated rings. The van der Waals surface area contributed by atoms with E-state index in [4.69, 9.17) is 0 Å². The van der Waals surface area contributed by atoms with Gasteiger partial charge in [-0.05, 0) is 24.5 Å². The second kappa shape index (κ2) is 6.05. The summed E-state index contributed by atoms with van der Waals surface area (Å²) < 4.78 is 37.4. The molecule has 17 heavy (non-hydrogen) atoms. The zero-order valence-corrected chi connectivity index (χ0v) is 10.1. The van der Waals surface area contributed by atoms with E-state index in [-0.39, 0.29) is 0 Å². The van der Waals surface area contributed by atoms with Crippen LogP contribution in [0.1, 0.15) is 37.8 Å². The predicted octanol–water partition coefficient (Wildman–Crippen LogP) is 3.98. The zero-order valence-electron chi connectivity index (χ0n) is 10.1. The van der Waals surface area contributed by atoms with Crippen molar-refractivity contribution in [2.45, 2.75) is 45.5 Å². The van der Waals surface area contributed by atoms with E-state index in [1.54, 1.807) is 6.07 Å². The maximum atomic E-state index is 12.5. The van der Waals surface area contributed by atoms with E-state index in [1.807, 2.05) is 0 Å². The van der Waals surface area contributed by atoms with Crippen molar-refractivity contribution in [3.63, 3.8) is 0 Å². The Kier molecular flexibility index (Phi) is 5.00. The highest BCUT2D eigenvalue weighted by Crippen LogP contribution is 2.29. The molecule has 0 bridgehead atoms. The molecule has 96 valence electrons. The summed E-state index contributed by atoms with van der Waals surface area (Å²) in [7, 11) is 0. The first-order valence-corrected chi connectivity index (χ1v) is 5.86. The second-order valence-electron chi connectivity index (χ2n) is 4.09. The Morgan fingerprint density at radius 2 is 1.82 bits per heavy atom. The molecule has 0 amide bonds. The quantitative estimate of drug-likeness (QED) is 0.827. The van der Waals surface area contributed by atoms with Gasteiger partial charge >= 0.3 is 6.18 Å². The van der Waals surface area contributed by atoms with Crippen molar-refractivity contribution in [3.05, 3.63) is 35.4 Å². The lowest BCUT2D eigenvalue weighted by Gasteiger charge is -2.15. The number of rotatable bonds is 5. The molecule has 1 rings (SSSR count). The summed E-state index contributed by atoms with van der Waals surface area (Å²) in [5, 5.41) is 3.25. The van der Waals surface area contributed by atoms with Crippen molar-refractivity contribution in [1.82, 2.24) is 5.32 Å². The molecule has 0 aromatic heterocycles. The average molecular weight is 245 g/mol. The fourth-order valence-corrected chi connectivity index (χ4v) is 1.70. The molecule has 4 heteroatoms. The van der Waals surface area contributed by atoms with E-state index >= 15 is 0 Å². The van der Waals surface area contributed by atoms with Crippen LogP contribution in [0.15, 0.2) is 24.3 Å². The Labute approximate surface area is 100 Å². The maximum Gasteiger partial charge on any atom is 0.416 e. The minimum Gasteiger partial charge on any atom is -0.310 e. The second-order valence-corrected chi connectivity index (χ2v) is 4.09. The van der Waals surface area contributed by atoms with Crippen LogP contribution in [0.25, 0.3) is 0 Å². The Morgan fingerprint density at radius 1 is 1.18 bits per heavy atom. The van der Waals surface area contributed by atoms with Crippen molar-refractivity contribution in [1.29, 1.82) is 0 Å². The lowest BCUT2D eigenvalue weighted by Crippen LogP contribution is -2.27. The van der Waals surface area contributed by atoms with Crippen molar-refractivity contribution in [2.24, 2.45) is 0 Å². The molecule has 0 aliphatic carbocycles. The fraction of sp³-hybridized carbons (Fsp3) is 0.538. The molecule has 0 aliphatic heterocycles. The topological polar surface area (TPSA) is 12.0 Å². The molecule has 0 unspecified atom stereocenters. The highest BCUT2D eigenvalue weighted by atomic mass is 19.4. The zero-order chi connectivity index (χ0) is 12.9. The van der Waals surface area contributed by atoms with Gasteiger partial charge in [-0.25, -0.2) is 0 Å². The van der Waals surface area contributed by atoms with Gasteiger partial charge in [0.15, 0.2) is 0 Å². The van der Waals surface area contributed by atoms with Gasteiger partial charge in [0, 0.05) is 12.6 Å². The standard InChI is InChI=1S/C13H18F3N/c1-3-12(4-2)17-9-10-6-5-7-11(8-10)13(14,15)16/h5-8,12,17H,3-4,9H2,1-2H3. The minimum absolute atomic E-state index is 0.365. The van der Waals surface area contributed by atoms with E-state index in [9.17, 15) is 13.2 Å². The van der Waals surface area contributed by atoms with Gasteiger partial charge in [0.1, 0.15) is 0 Å². The number of hydrogen-bond donors (Lipinski definition) is 1. The normalized spacial score (nSPS) is 12.1. The van der Waals surface area contributed by atoms with Crippen LogP contribution in [0.5, 0.6) is 0 Å². The van der Waals surface area contributed by atoms with Crippen LogP contribution < -0.4 is 5.32 Å². The molecular weight excluding hydrogens is 227 g/mol. The minimum atomic E-state index is -4.26. The molecule has 0 radical (unpaired) electrons.